The summed E-state index contributed by atoms with van der Waals surface area (Å²) in [4.78, 5) is 2.53. The Morgan fingerprint density at radius 1 is 1.00 bits per heavy atom. The molecule has 4 heteroatoms. The van der Waals surface area contributed by atoms with Gasteiger partial charge in [-0.2, -0.15) is 0 Å². The summed E-state index contributed by atoms with van der Waals surface area (Å²) in [5.74, 6) is 1.01. The van der Waals surface area contributed by atoms with Gasteiger partial charge in [-0.3, -0.25) is 4.90 Å². The van der Waals surface area contributed by atoms with Crippen LogP contribution in [0.2, 0.25) is 0 Å². The number of para-hydroxylation sites is 1. The second-order valence-corrected chi connectivity index (χ2v) is 6.22. The van der Waals surface area contributed by atoms with Gasteiger partial charge in [0.15, 0.2) is 0 Å². The van der Waals surface area contributed by atoms with Crippen molar-refractivity contribution in [3.05, 3.63) is 65.7 Å². The zero-order chi connectivity index (χ0) is 15.9. The number of benzene rings is 2. The van der Waals surface area contributed by atoms with Crippen molar-refractivity contribution >= 4 is 12.4 Å². The van der Waals surface area contributed by atoms with Crippen LogP contribution in [0.5, 0.6) is 5.75 Å². The molecule has 0 spiro atoms. The lowest BCUT2D eigenvalue weighted by molar-refractivity contribution is 0.191. The van der Waals surface area contributed by atoms with Gasteiger partial charge in [0.25, 0.3) is 0 Å². The van der Waals surface area contributed by atoms with Gasteiger partial charge in [0, 0.05) is 18.2 Å². The van der Waals surface area contributed by atoms with E-state index in [9.17, 15) is 0 Å². The minimum Gasteiger partial charge on any atom is -0.489 e. The van der Waals surface area contributed by atoms with E-state index in [1.807, 2.05) is 6.07 Å². The number of hydrogen-bond acceptors (Lipinski definition) is 3. The van der Waals surface area contributed by atoms with Crippen molar-refractivity contribution in [1.82, 2.24) is 10.2 Å². The zero-order valence-corrected chi connectivity index (χ0v) is 15.1. The van der Waals surface area contributed by atoms with Crippen LogP contribution < -0.4 is 10.1 Å². The van der Waals surface area contributed by atoms with Crippen LogP contribution in [-0.2, 0) is 13.2 Å². The number of ether oxygens (including phenoxy) is 1. The SMILES string of the molecule is CNC1CCN(Cc2ccccc2OCc2ccccc2)CC1.Cl. The topological polar surface area (TPSA) is 24.5 Å². The highest BCUT2D eigenvalue weighted by Crippen LogP contribution is 2.23. The van der Waals surface area contributed by atoms with Crippen molar-refractivity contribution in [2.75, 3.05) is 20.1 Å². The average Bonchev–Trinajstić information content (AvgIpc) is 2.62. The van der Waals surface area contributed by atoms with Crippen LogP contribution in [0.3, 0.4) is 0 Å². The molecule has 0 bridgehead atoms. The Bertz CT molecular complexity index is 598. The molecule has 0 radical (unpaired) electrons. The summed E-state index contributed by atoms with van der Waals surface area (Å²) in [5.41, 5.74) is 2.49. The largest absolute Gasteiger partial charge is 0.489 e. The van der Waals surface area contributed by atoms with Crippen LogP contribution in [0.4, 0.5) is 0 Å². The van der Waals surface area contributed by atoms with E-state index in [1.165, 1.54) is 24.0 Å². The van der Waals surface area contributed by atoms with E-state index in [2.05, 4.69) is 65.8 Å². The Morgan fingerprint density at radius 3 is 2.38 bits per heavy atom. The average molecular weight is 347 g/mol. The lowest BCUT2D eigenvalue weighted by Gasteiger charge is -2.32. The molecule has 0 atom stereocenters. The van der Waals surface area contributed by atoms with E-state index >= 15 is 0 Å². The van der Waals surface area contributed by atoms with Gasteiger partial charge in [-0.15, -0.1) is 12.4 Å². The Hall–Kier alpha value is -1.55. The molecule has 130 valence electrons. The molecule has 1 fully saturated rings. The highest BCUT2D eigenvalue weighted by molar-refractivity contribution is 5.85. The van der Waals surface area contributed by atoms with Crippen LogP contribution in [0.25, 0.3) is 0 Å². The molecule has 1 aliphatic heterocycles. The van der Waals surface area contributed by atoms with Crippen LogP contribution in [0.15, 0.2) is 54.6 Å². The Balaban J connectivity index is 0.00000208. The van der Waals surface area contributed by atoms with Gasteiger partial charge in [0.1, 0.15) is 12.4 Å². The molecule has 2 aromatic rings. The second-order valence-electron chi connectivity index (χ2n) is 6.22. The first-order chi connectivity index (χ1) is 11.3. The molecule has 0 aliphatic carbocycles. The van der Waals surface area contributed by atoms with Gasteiger partial charge in [-0.05, 0) is 44.6 Å². The predicted molar refractivity (Wildman–Crippen MR) is 102 cm³/mol. The third-order valence-corrected chi connectivity index (χ3v) is 4.60. The van der Waals surface area contributed by atoms with E-state index < -0.39 is 0 Å². The molecule has 0 amide bonds. The monoisotopic (exact) mass is 346 g/mol. The summed E-state index contributed by atoms with van der Waals surface area (Å²) in [5, 5.41) is 3.39. The molecule has 3 rings (SSSR count). The lowest BCUT2D eigenvalue weighted by Crippen LogP contribution is -2.40. The maximum absolute atomic E-state index is 6.07. The zero-order valence-electron chi connectivity index (χ0n) is 14.3. The second kappa shape index (κ2) is 9.67. The summed E-state index contributed by atoms with van der Waals surface area (Å²) < 4.78 is 6.07. The van der Waals surface area contributed by atoms with Crippen molar-refractivity contribution in [1.29, 1.82) is 0 Å². The van der Waals surface area contributed by atoms with E-state index in [0.29, 0.717) is 12.6 Å². The summed E-state index contributed by atoms with van der Waals surface area (Å²) in [6.07, 6.45) is 2.45. The predicted octanol–water partition coefficient (Wildman–Crippen LogP) is 3.87. The van der Waals surface area contributed by atoms with Gasteiger partial charge in [-0.25, -0.2) is 0 Å². The first kappa shape index (κ1) is 18.8. The van der Waals surface area contributed by atoms with Crippen molar-refractivity contribution in [3.8, 4) is 5.75 Å². The lowest BCUT2D eigenvalue weighted by atomic mass is 10.0. The molecule has 1 aliphatic rings. The van der Waals surface area contributed by atoms with E-state index in [4.69, 9.17) is 4.74 Å². The Labute approximate surface area is 151 Å². The molecule has 1 saturated heterocycles. The molecule has 2 aromatic carbocycles. The van der Waals surface area contributed by atoms with Gasteiger partial charge in [-0.1, -0.05) is 48.5 Å². The first-order valence-corrected chi connectivity index (χ1v) is 8.49. The molecular formula is C20H27ClN2O. The molecule has 0 saturated carbocycles. The maximum atomic E-state index is 6.07. The fourth-order valence-electron chi connectivity index (χ4n) is 3.13. The number of rotatable bonds is 6. The van der Waals surface area contributed by atoms with Gasteiger partial charge < -0.3 is 10.1 Å². The molecule has 3 nitrogen and oxygen atoms in total. The Kier molecular flexibility index (Phi) is 7.57. The van der Waals surface area contributed by atoms with Crippen LogP contribution in [0, 0.1) is 0 Å². The Morgan fingerprint density at radius 2 is 1.67 bits per heavy atom. The summed E-state index contributed by atoms with van der Waals surface area (Å²) in [7, 11) is 2.06. The van der Waals surface area contributed by atoms with Gasteiger partial charge in [0.05, 0.1) is 0 Å². The highest BCUT2D eigenvalue weighted by atomic mass is 35.5. The van der Waals surface area contributed by atoms with E-state index in [0.717, 1.165) is 25.4 Å². The van der Waals surface area contributed by atoms with Crippen molar-refractivity contribution in [3.63, 3.8) is 0 Å². The number of nitrogens with one attached hydrogen (secondary N) is 1. The first-order valence-electron chi connectivity index (χ1n) is 8.49. The number of nitrogens with zero attached hydrogens (tertiary/aromatic N) is 1. The van der Waals surface area contributed by atoms with Gasteiger partial charge in [0.2, 0.25) is 0 Å². The number of piperidine rings is 1. The van der Waals surface area contributed by atoms with Crippen LogP contribution in [-0.4, -0.2) is 31.1 Å². The third-order valence-electron chi connectivity index (χ3n) is 4.60. The number of hydrogen-bond donors (Lipinski definition) is 1. The number of halogens is 1. The molecule has 24 heavy (non-hydrogen) atoms. The maximum Gasteiger partial charge on any atom is 0.124 e. The van der Waals surface area contributed by atoms with Crippen LogP contribution >= 0.6 is 12.4 Å². The standard InChI is InChI=1S/C20H26N2O.ClH/c1-21-19-11-13-22(14-12-19)15-18-9-5-6-10-20(18)23-16-17-7-3-2-4-8-17;/h2-10,19,21H,11-16H2,1H3;1H. The number of likely N-dealkylation sites (tertiary alicyclic amines) is 1. The molecular weight excluding hydrogens is 320 g/mol. The molecule has 1 heterocycles. The van der Waals surface area contributed by atoms with Crippen LogP contribution in [0.1, 0.15) is 24.0 Å². The molecule has 1 N–H and O–H groups in total. The fourth-order valence-corrected chi connectivity index (χ4v) is 3.13. The molecule has 0 unspecified atom stereocenters. The van der Waals surface area contributed by atoms with Crippen molar-refractivity contribution in [2.45, 2.75) is 32.0 Å². The minimum atomic E-state index is 0. The van der Waals surface area contributed by atoms with E-state index in [-0.39, 0.29) is 12.4 Å². The summed E-state index contributed by atoms with van der Waals surface area (Å²) in [6.45, 7) is 3.90. The normalized spacial score (nSPS) is 15.7. The minimum absolute atomic E-state index is 0. The smallest absolute Gasteiger partial charge is 0.124 e. The van der Waals surface area contributed by atoms with Gasteiger partial charge >= 0.3 is 0 Å². The summed E-state index contributed by atoms with van der Waals surface area (Å²) in [6, 6.07) is 19.4. The quantitative estimate of drug-likeness (QED) is 0.859. The molecule has 0 aromatic heterocycles. The highest BCUT2D eigenvalue weighted by Gasteiger charge is 2.18. The summed E-state index contributed by atoms with van der Waals surface area (Å²) >= 11 is 0. The van der Waals surface area contributed by atoms with Crippen molar-refractivity contribution < 1.29 is 4.74 Å². The van der Waals surface area contributed by atoms with E-state index in [1.54, 1.807) is 0 Å². The fraction of sp³-hybridized carbons (Fsp3) is 0.400. The van der Waals surface area contributed by atoms with Crippen molar-refractivity contribution in [2.24, 2.45) is 0 Å². The third kappa shape index (κ3) is 5.23.